The summed E-state index contributed by atoms with van der Waals surface area (Å²) in [6.45, 7) is 4.18. The average molecular weight is 128 g/mol. The van der Waals surface area contributed by atoms with Crippen molar-refractivity contribution >= 4 is 11.8 Å². The lowest BCUT2D eigenvalue weighted by atomic mass is 10.3. The Morgan fingerprint density at radius 3 is 2.38 bits per heavy atom. The molecule has 1 heteroatoms. The van der Waals surface area contributed by atoms with E-state index in [4.69, 9.17) is 0 Å². The summed E-state index contributed by atoms with van der Waals surface area (Å²) >= 11 is 1.72. The molecule has 0 fully saturated rings. The maximum Gasteiger partial charge on any atom is -0.0142 e. The van der Waals surface area contributed by atoms with Crippen LogP contribution in [0.15, 0.2) is 23.1 Å². The molecule has 0 bridgehead atoms. The van der Waals surface area contributed by atoms with Gasteiger partial charge < -0.3 is 0 Å². The largest absolute Gasteiger partial charge is 0.138 e. The van der Waals surface area contributed by atoms with Crippen molar-refractivity contribution in [2.75, 3.05) is 6.26 Å². The Morgan fingerprint density at radius 1 is 1.38 bits per heavy atom. The fourth-order valence-corrected chi connectivity index (χ4v) is 0.546. The Balaban J connectivity index is 3.42. The van der Waals surface area contributed by atoms with Crippen LogP contribution in [0.3, 0.4) is 0 Å². The topological polar surface area (TPSA) is 0 Å². The Hall–Kier alpha value is -0.170. The summed E-state index contributed by atoms with van der Waals surface area (Å²) in [6.07, 6.45) is 6.20. The summed E-state index contributed by atoms with van der Waals surface area (Å²) in [5, 5.41) is 2.06. The summed E-state index contributed by atoms with van der Waals surface area (Å²) in [6, 6.07) is 0. The molecule has 46 valence electrons. The lowest BCUT2D eigenvalue weighted by molar-refractivity contribution is 1.39. The zero-order valence-electron chi connectivity index (χ0n) is 5.64. The van der Waals surface area contributed by atoms with Crippen LogP contribution in [0.5, 0.6) is 0 Å². The van der Waals surface area contributed by atoms with Gasteiger partial charge in [0.15, 0.2) is 0 Å². The zero-order valence-corrected chi connectivity index (χ0v) is 6.46. The van der Waals surface area contributed by atoms with E-state index in [0.29, 0.717) is 0 Å². The van der Waals surface area contributed by atoms with Crippen molar-refractivity contribution in [2.45, 2.75) is 13.8 Å². The van der Waals surface area contributed by atoms with Crippen molar-refractivity contribution in [1.29, 1.82) is 0 Å². The quantitative estimate of drug-likeness (QED) is 0.515. The third-order valence-electron chi connectivity index (χ3n) is 0.644. The van der Waals surface area contributed by atoms with Crippen LogP contribution in [0.2, 0.25) is 0 Å². The lowest BCUT2D eigenvalue weighted by Crippen LogP contribution is -1.56. The van der Waals surface area contributed by atoms with E-state index in [1.807, 2.05) is 0 Å². The van der Waals surface area contributed by atoms with Gasteiger partial charge in [-0.2, -0.15) is 0 Å². The van der Waals surface area contributed by atoms with E-state index < -0.39 is 0 Å². The number of thioether (sulfide) groups is 1. The predicted molar refractivity (Wildman–Crippen MR) is 42.1 cm³/mol. The van der Waals surface area contributed by atoms with Gasteiger partial charge >= 0.3 is 0 Å². The second-order valence-corrected chi connectivity index (χ2v) is 2.55. The SMILES string of the molecule is CS/C=C/C=C(C)C. The minimum atomic E-state index is 1.34. The summed E-state index contributed by atoms with van der Waals surface area (Å²) in [7, 11) is 0. The summed E-state index contributed by atoms with van der Waals surface area (Å²) in [5.74, 6) is 0. The predicted octanol–water partition coefficient (Wildman–Crippen LogP) is 2.83. The standard InChI is InChI=1S/C7H12S/c1-7(2)5-4-6-8-3/h4-6H,1-3H3/b6-4+. The van der Waals surface area contributed by atoms with Gasteiger partial charge in [0.05, 0.1) is 0 Å². The summed E-state index contributed by atoms with van der Waals surface area (Å²) < 4.78 is 0. The minimum absolute atomic E-state index is 1.34. The van der Waals surface area contributed by atoms with Crippen molar-refractivity contribution in [3.8, 4) is 0 Å². The molecular formula is C7H12S. The Kier molecular flexibility index (Phi) is 4.87. The van der Waals surface area contributed by atoms with Crippen LogP contribution >= 0.6 is 11.8 Å². The smallest absolute Gasteiger partial charge is 0.0142 e. The summed E-state index contributed by atoms with van der Waals surface area (Å²) in [5.41, 5.74) is 1.34. The highest BCUT2D eigenvalue weighted by molar-refractivity contribution is 8.01. The molecule has 0 amide bonds. The van der Waals surface area contributed by atoms with Gasteiger partial charge in [0.1, 0.15) is 0 Å². The molecule has 0 aromatic rings. The molecule has 0 spiro atoms. The molecule has 0 aromatic carbocycles. The van der Waals surface area contributed by atoms with Gasteiger partial charge in [-0.3, -0.25) is 0 Å². The van der Waals surface area contributed by atoms with E-state index >= 15 is 0 Å². The normalized spacial score (nSPS) is 9.88. The molecule has 0 aliphatic carbocycles. The van der Waals surface area contributed by atoms with Crippen LogP contribution in [-0.4, -0.2) is 6.26 Å². The van der Waals surface area contributed by atoms with Gasteiger partial charge in [-0.15, -0.1) is 11.8 Å². The van der Waals surface area contributed by atoms with Gasteiger partial charge in [-0.25, -0.2) is 0 Å². The van der Waals surface area contributed by atoms with Gasteiger partial charge in [0, 0.05) is 0 Å². The first kappa shape index (κ1) is 7.83. The Labute approximate surface area is 55.7 Å². The monoisotopic (exact) mass is 128 g/mol. The molecule has 0 rings (SSSR count). The molecule has 0 N–H and O–H groups in total. The molecule has 8 heavy (non-hydrogen) atoms. The second-order valence-electron chi connectivity index (χ2n) is 1.81. The van der Waals surface area contributed by atoms with Gasteiger partial charge in [-0.05, 0) is 25.5 Å². The van der Waals surface area contributed by atoms with Crippen LogP contribution in [0, 0.1) is 0 Å². The van der Waals surface area contributed by atoms with Crippen LogP contribution in [0.1, 0.15) is 13.8 Å². The van der Waals surface area contributed by atoms with Gasteiger partial charge in [-0.1, -0.05) is 17.7 Å². The third kappa shape index (κ3) is 5.83. The molecule has 0 radical (unpaired) electrons. The number of hydrogen-bond acceptors (Lipinski definition) is 1. The zero-order chi connectivity index (χ0) is 6.41. The first-order valence-electron chi connectivity index (χ1n) is 2.60. The van der Waals surface area contributed by atoms with Crippen LogP contribution in [0.25, 0.3) is 0 Å². The van der Waals surface area contributed by atoms with Crippen molar-refractivity contribution in [1.82, 2.24) is 0 Å². The van der Waals surface area contributed by atoms with E-state index in [-0.39, 0.29) is 0 Å². The molecule has 0 heterocycles. The highest BCUT2D eigenvalue weighted by Gasteiger charge is 1.67. The van der Waals surface area contributed by atoms with Crippen LogP contribution in [0.4, 0.5) is 0 Å². The fraction of sp³-hybridized carbons (Fsp3) is 0.429. The minimum Gasteiger partial charge on any atom is -0.138 e. The molecule has 0 saturated carbocycles. The average Bonchev–Trinajstić information content (AvgIpc) is 1.66. The molecule has 0 nitrogen and oxygen atoms in total. The van der Waals surface area contributed by atoms with Crippen molar-refractivity contribution in [3.05, 3.63) is 23.1 Å². The lowest BCUT2D eigenvalue weighted by Gasteiger charge is -1.79. The highest BCUT2D eigenvalue weighted by atomic mass is 32.2. The maximum absolute atomic E-state index is 2.09. The Morgan fingerprint density at radius 2 is 2.00 bits per heavy atom. The van der Waals surface area contributed by atoms with Crippen molar-refractivity contribution < 1.29 is 0 Å². The third-order valence-corrected chi connectivity index (χ3v) is 1.07. The van der Waals surface area contributed by atoms with E-state index in [2.05, 4.69) is 37.7 Å². The van der Waals surface area contributed by atoms with Gasteiger partial charge in [0.25, 0.3) is 0 Å². The van der Waals surface area contributed by atoms with Gasteiger partial charge in [0.2, 0.25) is 0 Å². The molecule has 0 aliphatic heterocycles. The van der Waals surface area contributed by atoms with Crippen molar-refractivity contribution in [2.24, 2.45) is 0 Å². The molecule has 0 aliphatic rings. The molecule has 0 saturated heterocycles. The Bertz CT molecular complexity index is 97.0. The van der Waals surface area contributed by atoms with Crippen molar-refractivity contribution in [3.63, 3.8) is 0 Å². The number of rotatable bonds is 2. The molecule has 0 aromatic heterocycles. The molecule has 0 unspecified atom stereocenters. The maximum atomic E-state index is 2.09. The van der Waals surface area contributed by atoms with E-state index in [1.165, 1.54) is 5.57 Å². The first-order valence-corrected chi connectivity index (χ1v) is 3.89. The molecule has 0 atom stereocenters. The first-order chi connectivity index (χ1) is 3.77. The highest BCUT2D eigenvalue weighted by Crippen LogP contribution is 1.95. The van der Waals surface area contributed by atoms with E-state index in [1.54, 1.807) is 11.8 Å². The van der Waals surface area contributed by atoms with E-state index in [0.717, 1.165) is 0 Å². The van der Waals surface area contributed by atoms with E-state index in [9.17, 15) is 0 Å². The number of allylic oxidation sites excluding steroid dienone is 3. The van der Waals surface area contributed by atoms with Crippen LogP contribution < -0.4 is 0 Å². The number of hydrogen-bond donors (Lipinski definition) is 0. The van der Waals surface area contributed by atoms with Crippen LogP contribution in [-0.2, 0) is 0 Å². The second kappa shape index (κ2) is 4.98. The molecular weight excluding hydrogens is 116 g/mol. The fourth-order valence-electron chi connectivity index (χ4n) is 0.310. The summed E-state index contributed by atoms with van der Waals surface area (Å²) in [4.78, 5) is 0.